The Hall–Kier alpha value is -2.64. The Morgan fingerprint density at radius 3 is 2.58 bits per heavy atom. The van der Waals surface area contributed by atoms with Crippen LogP contribution >= 0.6 is 0 Å². The number of nitrogens with zero attached hydrogens (tertiary/aromatic N) is 2. The number of carbonyl (C=O) groups excluding carboxylic acids is 1. The van der Waals surface area contributed by atoms with Crippen molar-refractivity contribution in [3.8, 4) is 0 Å². The third-order valence-corrected chi connectivity index (χ3v) is 8.39. The van der Waals surface area contributed by atoms with E-state index in [1.165, 1.54) is 24.0 Å². The SMILES string of the molecule is CC1(C)OB(c2ccc3nc4n(c3c2)[C@@H]2C[C@H]4NC(=O)c3cccc(C4CC4)c32)OC1(C)C. The predicted octanol–water partition coefficient (Wildman–Crippen LogP) is 3.99. The third kappa shape index (κ3) is 2.69. The summed E-state index contributed by atoms with van der Waals surface area (Å²) in [5.74, 6) is 1.55. The Morgan fingerprint density at radius 2 is 1.85 bits per heavy atom. The van der Waals surface area contributed by atoms with Crippen molar-refractivity contribution in [2.24, 2.45) is 0 Å². The van der Waals surface area contributed by atoms with E-state index in [4.69, 9.17) is 14.3 Å². The van der Waals surface area contributed by atoms with Gasteiger partial charge in [-0.25, -0.2) is 4.98 Å². The smallest absolute Gasteiger partial charge is 0.399 e. The van der Waals surface area contributed by atoms with Crippen LogP contribution in [0.25, 0.3) is 11.0 Å². The number of imidazole rings is 1. The van der Waals surface area contributed by atoms with Gasteiger partial charge in [-0.05, 0) is 87.7 Å². The Labute approximate surface area is 193 Å². The molecular formula is C26H28BN3O3. The zero-order chi connectivity index (χ0) is 22.7. The van der Waals surface area contributed by atoms with Gasteiger partial charge in [0.15, 0.2) is 0 Å². The second kappa shape index (κ2) is 6.27. The molecule has 2 bridgehead atoms. The Balaban J connectivity index is 1.39. The molecule has 2 atom stereocenters. The van der Waals surface area contributed by atoms with E-state index in [-0.39, 0.29) is 29.2 Å². The summed E-state index contributed by atoms with van der Waals surface area (Å²) >= 11 is 0. The van der Waals surface area contributed by atoms with Crippen LogP contribution in [0.4, 0.5) is 0 Å². The maximum Gasteiger partial charge on any atom is 0.494 e. The number of aromatic nitrogens is 2. The van der Waals surface area contributed by atoms with Gasteiger partial charge in [0.05, 0.1) is 34.3 Å². The van der Waals surface area contributed by atoms with Crippen molar-refractivity contribution < 1.29 is 14.1 Å². The Morgan fingerprint density at radius 1 is 1.09 bits per heavy atom. The van der Waals surface area contributed by atoms with Crippen molar-refractivity contribution in [1.29, 1.82) is 0 Å². The van der Waals surface area contributed by atoms with Crippen LogP contribution in [0.3, 0.4) is 0 Å². The molecule has 33 heavy (non-hydrogen) atoms. The first-order chi connectivity index (χ1) is 15.7. The molecule has 2 fully saturated rings. The Kier molecular flexibility index (Phi) is 3.76. The standard InChI is InChI=1S/C26H28BN3O3/c1-25(2)26(3,4)33-27(32-25)15-10-11-18-20(12-15)30-21-13-19(23(30)28-18)29-24(31)17-7-5-6-16(22(17)21)14-8-9-14/h5-7,10-12,14,19,21H,8-9,13H2,1-4H3,(H,29,31)/t19-,21-/m1/s1. The summed E-state index contributed by atoms with van der Waals surface area (Å²) in [7, 11) is -0.414. The molecule has 2 aromatic carbocycles. The van der Waals surface area contributed by atoms with Crippen molar-refractivity contribution in [1.82, 2.24) is 14.9 Å². The average molecular weight is 441 g/mol. The number of carbonyl (C=O) groups is 1. The number of benzene rings is 2. The number of hydrogen-bond donors (Lipinski definition) is 1. The van der Waals surface area contributed by atoms with E-state index in [0.29, 0.717) is 5.92 Å². The minimum Gasteiger partial charge on any atom is -0.399 e. The maximum atomic E-state index is 13.1. The van der Waals surface area contributed by atoms with E-state index in [9.17, 15) is 4.79 Å². The van der Waals surface area contributed by atoms with Crippen molar-refractivity contribution in [3.63, 3.8) is 0 Å². The van der Waals surface area contributed by atoms with E-state index < -0.39 is 7.12 Å². The number of rotatable bonds is 2. The summed E-state index contributed by atoms with van der Waals surface area (Å²) in [5, 5.41) is 3.25. The van der Waals surface area contributed by atoms with Crippen molar-refractivity contribution >= 4 is 29.5 Å². The molecular weight excluding hydrogens is 413 g/mol. The largest absolute Gasteiger partial charge is 0.494 e. The van der Waals surface area contributed by atoms with Gasteiger partial charge in [0.1, 0.15) is 5.82 Å². The normalized spacial score (nSPS) is 26.8. The van der Waals surface area contributed by atoms with Crippen LogP contribution in [0.2, 0.25) is 0 Å². The van der Waals surface area contributed by atoms with Crippen LogP contribution < -0.4 is 10.8 Å². The fourth-order valence-electron chi connectivity index (χ4n) is 5.77. The van der Waals surface area contributed by atoms with Crippen molar-refractivity contribution in [3.05, 3.63) is 58.9 Å². The van der Waals surface area contributed by atoms with E-state index in [1.54, 1.807) is 0 Å². The molecule has 6 nitrogen and oxygen atoms in total. The predicted molar refractivity (Wildman–Crippen MR) is 127 cm³/mol. The lowest BCUT2D eigenvalue weighted by Crippen LogP contribution is -2.41. The second-order valence-electron chi connectivity index (χ2n) is 11.0. The van der Waals surface area contributed by atoms with Crippen LogP contribution in [-0.4, -0.2) is 33.8 Å². The molecule has 7 rings (SSSR count). The van der Waals surface area contributed by atoms with Gasteiger partial charge in [0, 0.05) is 5.56 Å². The summed E-state index contributed by atoms with van der Waals surface area (Å²) < 4.78 is 15.0. The Bertz CT molecular complexity index is 1320. The summed E-state index contributed by atoms with van der Waals surface area (Å²) in [5.41, 5.74) is 5.61. The molecule has 168 valence electrons. The molecule has 1 saturated carbocycles. The monoisotopic (exact) mass is 441 g/mol. The van der Waals surface area contributed by atoms with Crippen LogP contribution in [0.15, 0.2) is 36.4 Å². The van der Waals surface area contributed by atoms with E-state index in [1.807, 2.05) is 12.1 Å². The molecule has 1 aromatic heterocycles. The van der Waals surface area contributed by atoms with Gasteiger partial charge in [-0.2, -0.15) is 0 Å². The highest BCUT2D eigenvalue weighted by atomic mass is 16.7. The van der Waals surface area contributed by atoms with Gasteiger partial charge in [-0.1, -0.05) is 18.2 Å². The van der Waals surface area contributed by atoms with Gasteiger partial charge in [-0.3, -0.25) is 4.79 Å². The molecule has 0 spiro atoms. The first-order valence-corrected chi connectivity index (χ1v) is 12.0. The highest BCUT2D eigenvalue weighted by Gasteiger charge is 2.52. The molecule has 0 radical (unpaired) electrons. The molecule has 3 aliphatic heterocycles. The molecule has 1 amide bonds. The van der Waals surface area contributed by atoms with Crippen LogP contribution in [0, 0.1) is 0 Å². The maximum absolute atomic E-state index is 13.1. The van der Waals surface area contributed by atoms with Gasteiger partial charge in [-0.15, -0.1) is 0 Å². The average Bonchev–Trinajstić information content (AvgIpc) is 3.43. The lowest BCUT2D eigenvalue weighted by molar-refractivity contribution is 0.00578. The lowest BCUT2D eigenvalue weighted by atomic mass is 9.79. The van der Waals surface area contributed by atoms with E-state index >= 15 is 0 Å². The number of hydrogen-bond acceptors (Lipinski definition) is 4. The molecule has 1 N–H and O–H groups in total. The summed E-state index contributed by atoms with van der Waals surface area (Å²) in [6.07, 6.45) is 3.26. The van der Waals surface area contributed by atoms with Crippen molar-refractivity contribution in [2.75, 3.05) is 0 Å². The number of nitrogens with one attached hydrogen (secondary N) is 1. The van der Waals surface area contributed by atoms with Crippen LogP contribution in [0.1, 0.15) is 92.3 Å². The zero-order valence-corrected chi connectivity index (χ0v) is 19.5. The number of amides is 1. The van der Waals surface area contributed by atoms with Gasteiger partial charge >= 0.3 is 7.12 Å². The molecule has 0 unspecified atom stereocenters. The minimum absolute atomic E-state index is 0.0243. The highest BCUT2D eigenvalue weighted by Crippen LogP contribution is 2.50. The molecule has 7 heteroatoms. The lowest BCUT2D eigenvalue weighted by Gasteiger charge is -2.32. The quantitative estimate of drug-likeness (QED) is 0.611. The molecule has 1 saturated heterocycles. The fourth-order valence-corrected chi connectivity index (χ4v) is 5.77. The zero-order valence-electron chi connectivity index (χ0n) is 19.5. The topological polar surface area (TPSA) is 65.4 Å². The van der Waals surface area contributed by atoms with Gasteiger partial charge in [0.25, 0.3) is 5.91 Å². The number of fused-ring (bicyclic) bond motifs is 9. The minimum atomic E-state index is -0.414. The first-order valence-electron chi connectivity index (χ1n) is 12.0. The fraction of sp³-hybridized carbons (Fsp3) is 0.462. The summed E-state index contributed by atoms with van der Waals surface area (Å²) in [6, 6.07) is 12.6. The van der Waals surface area contributed by atoms with Crippen LogP contribution in [0.5, 0.6) is 0 Å². The van der Waals surface area contributed by atoms with Gasteiger partial charge in [0.2, 0.25) is 0 Å². The molecule has 3 aromatic rings. The van der Waals surface area contributed by atoms with Crippen LogP contribution in [-0.2, 0) is 9.31 Å². The molecule has 1 aliphatic carbocycles. The van der Waals surface area contributed by atoms with E-state index in [2.05, 4.69) is 61.8 Å². The second-order valence-corrected chi connectivity index (χ2v) is 11.0. The molecule has 4 heterocycles. The van der Waals surface area contributed by atoms with E-state index in [0.717, 1.165) is 34.3 Å². The molecule has 4 aliphatic rings. The highest BCUT2D eigenvalue weighted by molar-refractivity contribution is 6.62. The van der Waals surface area contributed by atoms with Gasteiger partial charge < -0.3 is 19.2 Å². The van der Waals surface area contributed by atoms with Crippen molar-refractivity contribution in [2.45, 2.75) is 76.2 Å². The third-order valence-electron chi connectivity index (χ3n) is 8.39. The summed E-state index contributed by atoms with van der Waals surface area (Å²) in [6.45, 7) is 8.31. The summed E-state index contributed by atoms with van der Waals surface area (Å²) in [4.78, 5) is 18.1. The first kappa shape index (κ1) is 19.8.